The average Bonchev–Trinajstić information content (AvgIpc) is 3.02. The molecule has 0 radical (unpaired) electrons. The fourth-order valence-corrected chi connectivity index (χ4v) is 4.89. The number of imidazole rings is 1. The number of nitrogens with zero attached hydrogens (tertiary/aromatic N) is 3. The van der Waals surface area contributed by atoms with Crippen LogP contribution in [0.2, 0.25) is 0 Å². The van der Waals surface area contributed by atoms with E-state index in [1.54, 1.807) is 12.1 Å². The zero-order chi connectivity index (χ0) is 23.1. The van der Waals surface area contributed by atoms with Crippen LogP contribution in [0.4, 0.5) is 11.5 Å². The van der Waals surface area contributed by atoms with Gasteiger partial charge in [-0.05, 0) is 49.1 Å². The summed E-state index contributed by atoms with van der Waals surface area (Å²) < 4.78 is 30.6. The van der Waals surface area contributed by atoms with Crippen LogP contribution in [0.25, 0.3) is 11.0 Å². The minimum atomic E-state index is -3.83. The fourth-order valence-electron chi connectivity index (χ4n) is 3.89. The molecule has 0 atom stereocenters. The highest BCUT2D eigenvalue weighted by Crippen LogP contribution is 2.33. The number of fused-ring (bicyclic) bond motifs is 1. The van der Waals surface area contributed by atoms with Gasteiger partial charge in [0.05, 0.1) is 16.7 Å². The van der Waals surface area contributed by atoms with Crippen LogP contribution >= 0.6 is 0 Å². The lowest BCUT2D eigenvalue weighted by atomic mass is 9.85. The van der Waals surface area contributed by atoms with Gasteiger partial charge in [0.1, 0.15) is 16.5 Å². The van der Waals surface area contributed by atoms with Gasteiger partial charge >= 0.3 is 0 Å². The minimum absolute atomic E-state index is 0.0117. The first-order valence-electron chi connectivity index (χ1n) is 10.8. The van der Waals surface area contributed by atoms with E-state index < -0.39 is 10.0 Å². The summed E-state index contributed by atoms with van der Waals surface area (Å²) in [5.41, 5.74) is 2.11. The lowest BCUT2D eigenvalue weighted by Gasteiger charge is -2.29. The maximum atomic E-state index is 12.8. The first-order chi connectivity index (χ1) is 15.0. The van der Waals surface area contributed by atoms with Crippen LogP contribution < -0.4 is 10.0 Å². The molecule has 1 aromatic carbocycles. The second kappa shape index (κ2) is 8.20. The Morgan fingerprint density at radius 2 is 1.94 bits per heavy atom. The molecule has 9 heteroatoms. The highest BCUT2D eigenvalue weighted by atomic mass is 32.2. The lowest BCUT2D eigenvalue weighted by molar-refractivity contribution is -0.114. The smallest absolute Gasteiger partial charge is 0.263 e. The topological polar surface area (TPSA) is 106 Å². The van der Waals surface area contributed by atoms with Gasteiger partial charge in [-0.1, -0.05) is 27.2 Å². The van der Waals surface area contributed by atoms with Crippen molar-refractivity contribution in [1.82, 2.24) is 14.5 Å². The van der Waals surface area contributed by atoms with Crippen LogP contribution in [-0.4, -0.2) is 28.9 Å². The molecule has 1 aliphatic rings. The Labute approximate surface area is 188 Å². The number of benzene rings is 1. The molecule has 170 valence electrons. The molecule has 2 aromatic heterocycles. The Hall–Kier alpha value is -2.94. The number of sulfonamides is 1. The van der Waals surface area contributed by atoms with Crippen LogP contribution in [0.15, 0.2) is 41.4 Å². The van der Waals surface area contributed by atoms with Crippen molar-refractivity contribution < 1.29 is 13.2 Å². The molecule has 1 aliphatic carbocycles. The molecule has 4 rings (SSSR count). The first kappa shape index (κ1) is 22.3. The van der Waals surface area contributed by atoms with Gasteiger partial charge in [-0.3, -0.25) is 9.52 Å². The fraction of sp³-hybridized carbons (Fsp3) is 0.435. The number of carbonyl (C=O) groups excluding carboxylic acids is 1. The van der Waals surface area contributed by atoms with E-state index in [4.69, 9.17) is 4.98 Å². The third-order valence-corrected chi connectivity index (χ3v) is 7.05. The van der Waals surface area contributed by atoms with E-state index in [9.17, 15) is 13.2 Å². The number of amides is 1. The molecule has 1 amide bonds. The van der Waals surface area contributed by atoms with Gasteiger partial charge in [-0.2, -0.15) is 0 Å². The largest absolute Gasteiger partial charge is 0.327 e. The second-order valence-electron chi connectivity index (χ2n) is 9.46. The highest BCUT2D eigenvalue weighted by molar-refractivity contribution is 7.92. The van der Waals surface area contributed by atoms with Crippen molar-refractivity contribution >= 4 is 38.5 Å². The molecule has 0 spiro atoms. The summed E-state index contributed by atoms with van der Waals surface area (Å²) in [6.45, 7) is 8.75. The van der Waals surface area contributed by atoms with Crippen molar-refractivity contribution in [3.05, 3.63) is 42.4 Å². The molecular formula is C23H29N5O3S. The molecule has 1 saturated carbocycles. The zero-order valence-corrected chi connectivity index (χ0v) is 19.7. The number of rotatable bonds is 6. The van der Waals surface area contributed by atoms with Gasteiger partial charge in [0.25, 0.3) is 10.0 Å². The monoisotopic (exact) mass is 455 g/mol. The zero-order valence-electron chi connectivity index (χ0n) is 18.8. The standard InChI is InChI=1S/C23H29N5O3S/c1-15(29)25-21-11-9-18(13-24-21)32(30,31)27-17-8-10-20-19(12-17)26-22(23(2,3)4)28(20)14-16-6-5-7-16/h8-13,16,27H,5-7,14H2,1-4H3,(H,24,25,29). The predicted octanol–water partition coefficient (Wildman–Crippen LogP) is 4.29. The number of anilines is 2. The maximum absolute atomic E-state index is 12.8. The number of nitrogens with one attached hydrogen (secondary N) is 2. The Bertz CT molecular complexity index is 1250. The number of carbonyl (C=O) groups is 1. The third-order valence-electron chi connectivity index (χ3n) is 5.69. The van der Waals surface area contributed by atoms with E-state index in [0.29, 0.717) is 17.4 Å². The van der Waals surface area contributed by atoms with Gasteiger partial charge in [-0.15, -0.1) is 0 Å². The Kier molecular flexibility index (Phi) is 5.70. The van der Waals surface area contributed by atoms with E-state index in [2.05, 4.69) is 40.4 Å². The lowest BCUT2D eigenvalue weighted by Crippen LogP contribution is -2.24. The van der Waals surface area contributed by atoms with Crippen molar-refractivity contribution in [2.75, 3.05) is 10.0 Å². The average molecular weight is 456 g/mol. The summed E-state index contributed by atoms with van der Waals surface area (Å²) in [6.07, 6.45) is 5.00. The third kappa shape index (κ3) is 4.62. The maximum Gasteiger partial charge on any atom is 0.263 e. The van der Waals surface area contributed by atoms with Crippen LogP contribution in [0.5, 0.6) is 0 Å². The van der Waals surface area contributed by atoms with E-state index >= 15 is 0 Å². The van der Waals surface area contributed by atoms with Crippen LogP contribution in [0, 0.1) is 5.92 Å². The van der Waals surface area contributed by atoms with Crippen LogP contribution in [-0.2, 0) is 26.8 Å². The Balaban J connectivity index is 1.62. The number of aromatic nitrogens is 3. The summed E-state index contributed by atoms with van der Waals surface area (Å²) in [5.74, 6) is 1.72. The molecule has 32 heavy (non-hydrogen) atoms. The quantitative estimate of drug-likeness (QED) is 0.577. The summed E-state index contributed by atoms with van der Waals surface area (Å²) >= 11 is 0. The molecule has 0 aliphatic heterocycles. The van der Waals surface area contributed by atoms with Crippen molar-refractivity contribution in [1.29, 1.82) is 0 Å². The normalized spacial score (nSPS) is 14.9. The minimum Gasteiger partial charge on any atom is -0.327 e. The SMILES string of the molecule is CC(=O)Nc1ccc(S(=O)(=O)Nc2ccc3c(c2)nc(C(C)(C)C)n3CC2CCC2)cn1. The molecule has 1 fully saturated rings. The van der Waals surface area contributed by atoms with Gasteiger partial charge < -0.3 is 9.88 Å². The van der Waals surface area contributed by atoms with Gasteiger partial charge in [-0.25, -0.2) is 18.4 Å². The molecule has 2 N–H and O–H groups in total. The molecule has 8 nitrogen and oxygen atoms in total. The van der Waals surface area contributed by atoms with E-state index in [-0.39, 0.29) is 16.2 Å². The van der Waals surface area contributed by atoms with Gasteiger partial charge in [0.15, 0.2) is 0 Å². The highest BCUT2D eigenvalue weighted by Gasteiger charge is 2.27. The van der Waals surface area contributed by atoms with Crippen molar-refractivity contribution in [3.63, 3.8) is 0 Å². The van der Waals surface area contributed by atoms with Crippen LogP contribution in [0.3, 0.4) is 0 Å². The summed E-state index contributed by atoms with van der Waals surface area (Å²) in [5, 5.41) is 2.52. The molecule has 0 unspecified atom stereocenters. The van der Waals surface area contributed by atoms with Gasteiger partial charge in [0.2, 0.25) is 5.91 Å². The molecular weight excluding hydrogens is 426 g/mol. The summed E-state index contributed by atoms with van der Waals surface area (Å²) in [7, 11) is -3.83. The molecule has 0 saturated heterocycles. The van der Waals surface area contributed by atoms with Gasteiger partial charge in [0, 0.05) is 25.1 Å². The van der Waals surface area contributed by atoms with Crippen molar-refractivity contribution in [2.45, 2.75) is 63.8 Å². The summed E-state index contributed by atoms with van der Waals surface area (Å²) in [6, 6.07) is 8.34. The van der Waals surface area contributed by atoms with E-state index in [0.717, 1.165) is 23.4 Å². The van der Waals surface area contributed by atoms with E-state index in [1.165, 1.54) is 44.5 Å². The second-order valence-corrected chi connectivity index (χ2v) is 11.1. The molecule has 2 heterocycles. The molecule has 3 aromatic rings. The summed E-state index contributed by atoms with van der Waals surface area (Å²) in [4.78, 5) is 20.0. The first-order valence-corrected chi connectivity index (χ1v) is 12.3. The Morgan fingerprint density at radius 1 is 1.19 bits per heavy atom. The van der Waals surface area contributed by atoms with Crippen molar-refractivity contribution in [3.8, 4) is 0 Å². The van der Waals surface area contributed by atoms with Crippen molar-refractivity contribution in [2.24, 2.45) is 5.92 Å². The van der Waals surface area contributed by atoms with Crippen LogP contribution in [0.1, 0.15) is 52.8 Å². The molecule has 0 bridgehead atoms. The number of pyridine rings is 1. The predicted molar refractivity (Wildman–Crippen MR) is 125 cm³/mol. The number of hydrogen-bond donors (Lipinski definition) is 2. The van der Waals surface area contributed by atoms with E-state index in [1.807, 2.05) is 6.07 Å². The number of hydrogen-bond acceptors (Lipinski definition) is 5. The Morgan fingerprint density at radius 3 is 2.50 bits per heavy atom.